The zero-order valence-electron chi connectivity index (χ0n) is 15.0. The number of thiophene rings is 1. The van der Waals surface area contributed by atoms with E-state index in [0.717, 1.165) is 38.0 Å². The predicted molar refractivity (Wildman–Crippen MR) is 105 cm³/mol. The summed E-state index contributed by atoms with van der Waals surface area (Å²) in [5, 5.41) is 7.52. The van der Waals surface area contributed by atoms with Gasteiger partial charge in [-0.15, -0.1) is 11.3 Å². The molecule has 26 heavy (non-hydrogen) atoms. The molecule has 0 radical (unpaired) electrons. The normalized spacial score (nSPS) is 15.6. The fourth-order valence-electron chi connectivity index (χ4n) is 3.11. The van der Waals surface area contributed by atoms with Crippen molar-refractivity contribution in [2.45, 2.75) is 26.3 Å². The van der Waals surface area contributed by atoms with Crippen LogP contribution in [0.25, 0.3) is 0 Å². The Hall–Kier alpha value is -2.18. The number of hydrogen-bond donors (Lipinski definition) is 2. The van der Waals surface area contributed by atoms with Gasteiger partial charge in [0.05, 0.1) is 0 Å². The fourth-order valence-corrected chi connectivity index (χ4v) is 3.86. The number of amides is 2. The molecule has 2 heterocycles. The van der Waals surface area contributed by atoms with Crippen LogP contribution in [0.3, 0.4) is 0 Å². The maximum absolute atomic E-state index is 12.0. The number of nitrogens with zero attached hydrogens (tertiary/aromatic N) is 1. The van der Waals surface area contributed by atoms with Gasteiger partial charge in [0, 0.05) is 23.7 Å². The van der Waals surface area contributed by atoms with Crippen molar-refractivity contribution >= 4 is 28.8 Å². The second kappa shape index (κ2) is 8.96. The van der Waals surface area contributed by atoms with Crippen molar-refractivity contribution in [2.24, 2.45) is 5.92 Å². The molecule has 1 aromatic carbocycles. The highest BCUT2D eigenvalue weighted by Crippen LogP contribution is 2.20. The molecule has 0 unspecified atom stereocenters. The summed E-state index contributed by atoms with van der Waals surface area (Å²) in [6.07, 6.45) is 2.09. The zero-order valence-corrected chi connectivity index (χ0v) is 15.8. The van der Waals surface area contributed by atoms with Crippen molar-refractivity contribution in [2.75, 3.05) is 25.0 Å². The van der Waals surface area contributed by atoms with Crippen molar-refractivity contribution < 1.29 is 9.59 Å². The molecule has 2 N–H and O–H groups in total. The monoisotopic (exact) mass is 371 g/mol. The molecule has 138 valence electrons. The molecule has 2 amide bonds. The molecule has 0 bridgehead atoms. The molecule has 1 fully saturated rings. The van der Waals surface area contributed by atoms with Gasteiger partial charge >= 0.3 is 11.8 Å². The van der Waals surface area contributed by atoms with E-state index in [0.29, 0.717) is 18.2 Å². The Kier molecular flexibility index (Phi) is 6.41. The van der Waals surface area contributed by atoms with E-state index in [9.17, 15) is 9.59 Å². The first-order valence-corrected chi connectivity index (χ1v) is 9.88. The maximum atomic E-state index is 12.0. The van der Waals surface area contributed by atoms with E-state index in [-0.39, 0.29) is 0 Å². The molecule has 0 atom stereocenters. The van der Waals surface area contributed by atoms with Crippen molar-refractivity contribution in [1.29, 1.82) is 0 Å². The van der Waals surface area contributed by atoms with Gasteiger partial charge in [-0.25, -0.2) is 0 Å². The van der Waals surface area contributed by atoms with Crippen LogP contribution in [-0.4, -0.2) is 36.3 Å². The van der Waals surface area contributed by atoms with E-state index in [4.69, 9.17) is 0 Å². The van der Waals surface area contributed by atoms with E-state index in [1.54, 1.807) is 23.5 Å². The summed E-state index contributed by atoms with van der Waals surface area (Å²) >= 11 is 1.79. The number of carbonyl (C=O) groups excluding carboxylic acids is 2. The lowest BCUT2D eigenvalue weighted by atomic mass is 9.97. The molecule has 0 spiro atoms. The van der Waals surface area contributed by atoms with Crippen LogP contribution in [0.4, 0.5) is 5.69 Å². The molecule has 0 saturated carbocycles. The lowest BCUT2D eigenvalue weighted by Gasteiger charge is -2.31. The minimum Gasteiger partial charge on any atom is -0.348 e. The molecule has 2 aromatic rings. The van der Waals surface area contributed by atoms with E-state index < -0.39 is 11.8 Å². The molecular formula is C20H25N3O2S. The van der Waals surface area contributed by atoms with Gasteiger partial charge in [0.25, 0.3) is 0 Å². The van der Waals surface area contributed by atoms with Crippen molar-refractivity contribution in [3.63, 3.8) is 0 Å². The third-order valence-electron chi connectivity index (χ3n) is 4.73. The summed E-state index contributed by atoms with van der Waals surface area (Å²) in [4.78, 5) is 27.8. The van der Waals surface area contributed by atoms with Gasteiger partial charge in [-0.1, -0.05) is 23.8 Å². The third kappa shape index (κ3) is 5.41. The summed E-state index contributed by atoms with van der Waals surface area (Å²) in [6.45, 7) is 5.62. The smallest absolute Gasteiger partial charge is 0.313 e. The first kappa shape index (κ1) is 18.6. The van der Waals surface area contributed by atoms with Crippen molar-refractivity contribution in [3.8, 4) is 0 Å². The molecule has 1 saturated heterocycles. The summed E-state index contributed by atoms with van der Waals surface area (Å²) in [7, 11) is 0. The number of aryl methyl sites for hydroxylation is 1. The lowest BCUT2D eigenvalue weighted by Crippen LogP contribution is -2.41. The second-order valence-corrected chi connectivity index (χ2v) is 7.86. The summed E-state index contributed by atoms with van der Waals surface area (Å²) in [6, 6.07) is 11.6. The number of benzene rings is 1. The number of hydrogen-bond acceptors (Lipinski definition) is 4. The average molecular weight is 372 g/mol. The van der Waals surface area contributed by atoms with Crippen LogP contribution in [0, 0.1) is 12.8 Å². The summed E-state index contributed by atoms with van der Waals surface area (Å²) < 4.78 is 0. The number of carbonyl (C=O) groups is 2. The van der Waals surface area contributed by atoms with E-state index in [2.05, 4.69) is 33.0 Å². The Morgan fingerprint density at radius 1 is 1.12 bits per heavy atom. The Balaban J connectivity index is 1.36. The summed E-state index contributed by atoms with van der Waals surface area (Å²) in [5.41, 5.74) is 1.75. The van der Waals surface area contributed by atoms with Crippen LogP contribution in [0.15, 0.2) is 41.8 Å². The third-order valence-corrected chi connectivity index (χ3v) is 5.59. The quantitative estimate of drug-likeness (QED) is 0.794. The molecular weight excluding hydrogens is 346 g/mol. The second-order valence-electron chi connectivity index (χ2n) is 6.83. The van der Waals surface area contributed by atoms with E-state index >= 15 is 0 Å². The molecule has 1 aliphatic rings. The van der Waals surface area contributed by atoms with Crippen molar-refractivity contribution in [3.05, 3.63) is 52.2 Å². The van der Waals surface area contributed by atoms with Crippen molar-refractivity contribution in [1.82, 2.24) is 10.2 Å². The molecule has 1 aromatic heterocycles. The largest absolute Gasteiger partial charge is 0.348 e. The van der Waals surface area contributed by atoms with Gasteiger partial charge in [0.2, 0.25) is 0 Å². The van der Waals surface area contributed by atoms with Gasteiger partial charge in [-0.3, -0.25) is 14.5 Å². The minimum absolute atomic E-state index is 0.436. The van der Waals surface area contributed by atoms with E-state index in [1.165, 1.54) is 4.88 Å². The molecule has 1 aliphatic heterocycles. The number of anilines is 1. The molecule has 0 aliphatic carbocycles. The lowest BCUT2D eigenvalue weighted by molar-refractivity contribution is -0.136. The Morgan fingerprint density at radius 2 is 1.85 bits per heavy atom. The van der Waals surface area contributed by atoms with Crippen LogP contribution in [0.5, 0.6) is 0 Å². The fraction of sp³-hybridized carbons (Fsp3) is 0.400. The van der Waals surface area contributed by atoms with Crippen LogP contribution in [0.2, 0.25) is 0 Å². The van der Waals surface area contributed by atoms with Gasteiger partial charge in [0.15, 0.2) is 0 Å². The van der Waals surface area contributed by atoms with Crippen LogP contribution in [-0.2, 0) is 16.1 Å². The highest BCUT2D eigenvalue weighted by atomic mass is 32.1. The summed E-state index contributed by atoms with van der Waals surface area (Å²) in [5.74, 6) is -0.735. The average Bonchev–Trinajstić information content (AvgIpc) is 3.16. The van der Waals surface area contributed by atoms with Crippen LogP contribution < -0.4 is 10.6 Å². The highest BCUT2D eigenvalue weighted by molar-refractivity contribution is 7.09. The molecule has 3 rings (SSSR count). The van der Waals surface area contributed by atoms with E-state index in [1.807, 2.05) is 19.1 Å². The maximum Gasteiger partial charge on any atom is 0.313 e. The first-order valence-electron chi connectivity index (χ1n) is 9.01. The number of nitrogens with one attached hydrogen (secondary N) is 2. The Morgan fingerprint density at radius 3 is 2.50 bits per heavy atom. The molecule has 5 nitrogen and oxygen atoms in total. The van der Waals surface area contributed by atoms with Gasteiger partial charge < -0.3 is 10.6 Å². The number of piperidine rings is 1. The van der Waals surface area contributed by atoms with Crippen LogP contribution in [0.1, 0.15) is 23.3 Å². The topological polar surface area (TPSA) is 61.4 Å². The number of rotatable bonds is 5. The Bertz CT molecular complexity index is 720. The minimum atomic E-state index is -0.607. The van der Waals surface area contributed by atoms with Gasteiger partial charge in [-0.05, 0) is 62.4 Å². The first-order chi connectivity index (χ1) is 12.6. The Labute approximate surface area is 158 Å². The highest BCUT2D eigenvalue weighted by Gasteiger charge is 2.21. The SMILES string of the molecule is Cc1ccc(NC(=O)C(=O)NCC2CCN(Cc3cccs3)CC2)cc1. The van der Waals surface area contributed by atoms with Gasteiger partial charge in [-0.2, -0.15) is 0 Å². The molecule has 6 heteroatoms. The van der Waals surface area contributed by atoms with Crippen LogP contribution >= 0.6 is 11.3 Å². The zero-order chi connectivity index (χ0) is 18.4. The number of likely N-dealkylation sites (tertiary alicyclic amines) is 1. The standard InChI is InChI=1S/C20H25N3O2S/c1-15-4-6-17(7-5-15)22-20(25)19(24)21-13-16-8-10-23(11-9-16)14-18-3-2-12-26-18/h2-7,12,16H,8-11,13-14H2,1H3,(H,21,24)(H,22,25). The predicted octanol–water partition coefficient (Wildman–Crippen LogP) is 3.02. The van der Waals surface area contributed by atoms with Gasteiger partial charge in [0.1, 0.15) is 0 Å².